The summed E-state index contributed by atoms with van der Waals surface area (Å²) in [6.07, 6.45) is 0.555. The molecule has 4 heteroatoms. The van der Waals surface area contributed by atoms with Gasteiger partial charge in [-0.1, -0.05) is 0 Å². The summed E-state index contributed by atoms with van der Waals surface area (Å²) in [4.78, 5) is 0. The van der Waals surface area contributed by atoms with Crippen LogP contribution in [0.25, 0.3) is 0 Å². The van der Waals surface area contributed by atoms with Gasteiger partial charge in [0.25, 0.3) is 0 Å². The van der Waals surface area contributed by atoms with Gasteiger partial charge in [0, 0.05) is 7.11 Å². The molecule has 0 bridgehead atoms. The van der Waals surface area contributed by atoms with E-state index in [-0.39, 0.29) is 6.79 Å². The van der Waals surface area contributed by atoms with Crippen LogP contribution in [0.4, 0.5) is 0 Å². The van der Waals surface area contributed by atoms with Gasteiger partial charge < -0.3 is 15.2 Å². The normalized spacial score (nSPS) is 12.5. The number of nitrogens with two attached hydrogens (primary N) is 1. The van der Waals surface area contributed by atoms with Crippen molar-refractivity contribution in [3.63, 3.8) is 0 Å². The fourth-order valence-electron chi connectivity index (χ4n) is 0.417. The number of rotatable bonds is 5. The minimum Gasteiger partial charge on any atom is -0.359 e. The predicted octanol–water partition coefficient (Wildman–Crippen LogP) is -0.152. The third-order valence-electron chi connectivity index (χ3n) is 0.940. The molecule has 58 valence electrons. The molecule has 0 saturated heterocycles. The van der Waals surface area contributed by atoms with Gasteiger partial charge in [-0.05, 0) is 6.42 Å². The van der Waals surface area contributed by atoms with Crippen molar-refractivity contribution in [1.82, 2.24) is 0 Å². The molecule has 0 spiro atoms. The molecule has 0 aromatic heterocycles. The highest BCUT2D eigenvalue weighted by atomic mass is 16.7. The molecular formula is C6H12N2O2. The van der Waals surface area contributed by atoms with E-state index in [1.165, 1.54) is 0 Å². The standard InChI is InChI=1S/C6H12N2O2/c1-9-5-10-3-2-6(8)4-7/h6H,2-3,5,8H2,1H3. The van der Waals surface area contributed by atoms with E-state index in [4.69, 9.17) is 15.7 Å². The van der Waals surface area contributed by atoms with Crippen LogP contribution < -0.4 is 5.73 Å². The summed E-state index contributed by atoms with van der Waals surface area (Å²) < 4.78 is 9.51. The average Bonchev–Trinajstić information content (AvgIpc) is 1.98. The third kappa shape index (κ3) is 5.51. The van der Waals surface area contributed by atoms with E-state index in [2.05, 4.69) is 4.74 Å². The minimum atomic E-state index is -0.420. The first-order valence-corrected chi connectivity index (χ1v) is 3.03. The zero-order valence-corrected chi connectivity index (χ0v) is 6.04. The van der Waals surface area contributed by atoms with Crippen LogP contribution in [0.1, 0.15) is 6.42 Å². The Morgan fingerprint density at radius 3 is 2.90 bits per heavy atom. The molecule has 0 radical (unpaired) electrons. The summed E-state index contributed by atoms with van der Waals surface area (Å²) in [5, 5.41) is 8.23. The first kappa shape index (κ1) is 9.37. The molecule has 0 fully saturated rings. The molecule has 0 amide bonds. The van der Waals surface area contributed by atoms with Crippen LogP contribution in [0.5, 0.6) is 0 Å². The van der Waals surface area contributed by atoms with E-state index in [0.717, 1.165) is 0 Å². The van der Waals surface area contributed by atoms with Crippen molar-refractivity contribution < 1.29 is 9.47 Å². The Kier molecular flexibility index (Phi) is 6.08. The number of hydrogen-bond donors (Lipinski definition) is 1. The third-order valence-corrected chi connectivity index (χ3v) is 0.940. The average molecular weight is 144 g/mol. The first-order chi connectivity index (χ1) is 4.81. The first-order valence-electron chi connectivity index (χ1n) is 3.03. The highest BCUT2D eigenvalue weighted by Gasteiger charge is 1.97. The van der Waals surface area contributed by atoms with E-state index in [1.807, 2.05) is 6.07 Å². The summed E-state index contributed by atoms with van der Waals surface area (Å²) in [5.74, 6) is 0. The van der Waals surface area contributed by atoms with Gasteiger partial charge in [0.2, 0.25) is 0 Å². The Morgan fingerprint density at radius 1 is 1.70 bits per heavy atom. The Hall–Kier alpha value is -0.630. The molecule has 0 heterocycles. The molecule has 2 N–H and O–H groups in total. The fourth-order valence-corrected chi connectivity index (χ4v) is 0.417. The highest BCUT2D eigenvalue weighted by molar-refractivity contribution is 4.85. The van der Waals surface area contributed by atoms with Crippen LogP contribution in [0, 0.1) is 11.3 Å². The Morgan fingerprint density at radius 2 is 2.40 bits per heavy atom. The molecule has 10 heavy (non-hydrogen) atoms. The molecule has 1 atom stereocenters. The molecule has 0 saturated carbocycles. The van der Waals surface area contributed by atoms with E-state index in [9.17, 15) is 0 Å². The summed E-state index contributed by atoms with van der Waals surface area (Å²) in [5.41, 5.74) is 5.27. The maximum atomic E-state index is 8.23. The number of methoxy groups -OCH3 is 1. The van der Waals surface area contributed by atoms with Crippen molar-refractivity contribution in [2.75, 3.05) is 20.5 Å². The number of hydrogen-bond acceptors (Lipinski definition) is 4. The lowest BCUT2D eigenvalue weighted by molar-refractivity contribution is -0.0315. The van der Waals surface area contributed by atoms with Gasteiger partial charge in [-0.3, -0.25) is 0 Å². The Balaban J connectivity index is 2.98. The summed E-state index contributed by atoms with van der Waals surface area (Å²) in [6, 6.07) is 1.48. The molecule has 0 aromatic carbocycles. The van der Waals surface area contributed by atoms with Crippen LogP contribution in [-0.2, 0) is 9.47 Å². The summed E-state index contributed by atoms with van der Waals surface area (Å²) in [6.45, 7) is 0.737. The molecular weight excluding hydrogens is 132 g/mol. The maximum Gasteiger partial charge on any atom is 0.146 e. The van der Waals surface area contributed by atoms with Crippen molar-refractivity contribution in [2.24, 2.45) is 5.73 Å². The lowest BCUT2D eigenvalue weighted by Crippen LogP contribution is -2.19. The van der Waals surface area contributed by atoms with E-state index < -0.39 is 6.04 Å². The summed E-state index contributed by atoms with van der Waals surface area (Å²) in [7, 11) is 1.55. The van der Waals surface area contributed by atoms with Gasteiger partial charge in [0.05, 0.1) is 18.7 Å². The zero-order valence-electron chi connectivity index (χ0n) is 6.04. The molecule has 0 aliphatic rings. The van der Waals surface area contributed by atoms with Gasteiger partial charge in [-0.15, -0.1) is 0 Å². The lowest BCUT2D eigenvalue weighted by atomic mass is 10.3. The minimum absolute atomic E-state index is 0.262. The zero-order chi connectivity index (χ0) is 7.82. The molecule has 0 aliphatic carbocycles. The second-order valence-electron chi connectivity index (χ2n) is 1.84. The van der Waals surface area contributed by atoms with Crippen LogP contribution in [0.3, 0.4) is 0 Å². The van der Waals surface area contributed by atoms with Crippen molar-refractivity contribution in [3.05, 3.63) is 0 Å². The van der Waals surface area contributed by atoms with Crippen molar-refractivity contribution >= 4 is 0 Å². The van der Waals surface area contributed by atoms with E-state index in [0.29, 0.717) is 13.0 Å². The maximum absolute atomic E-state index is 8.23. The molecule has 0 aliphatic heterocycles. The van der Waals surface area contributed by atoms with Gasteiger partial charge in [-0.25, -0.2) is 0 Å². The second-order valence-corrected chi connectivity index (χ2v) is 1.84. The van der Waals surface area contributed by atoms with Crippen molar-refractivity contribution in [1.29, 1.82) is 5.26 Å². The largest absolute Gasteiger partial charge is 0.359 e. The Labute approximate surface area is 60.5 Å². The van der Waals surface area contributed by atoms with E-state index in [1.54, 1.807) is 7.11 Å². The van der Waals surface area contributed by atoms with Crippen molar-refractivity contribution in [3.8, 4) is 6.07 Å². The molecule has 1 unspecified atom stereocenters. The highest BCUT2D eigenvalue weighted by Crippen LogP contribution is 1.86. The smallest absolute Gasteiger partial charge is 0.146 e. The van der Waals surface area contributed by atoms with Crippen LogP contribution in [0.15, 0.2) is 0 Å². The van der Waals surface area contributed by atoms with Gasteiger partial charge in [-0.2, -0.15) is 5.26 Å². The molecule has 0 aromatic rings. The molecule has 4 nitrogen and oxygen atoms in total. The number of ether oxygens (including phenoxy) is 2. The van der Waals surface area contributed by atoms with Crippen molar-refractivity contribution in [2.45, 2.75) is 12.5 Å². The second kappa shape index (κ2) is 6.49. The monoisotopic (exact) mass is 144 g/mol. The summed E-state index contributed by atoms with van der Waals surface area (Å²) >= 11 is 0. The fraction of sp³-hybridized carbons (Fsp3) is 0.833. The van der Waals surface area contributed by atoms with Gasteiger partial charge in [0.15, 0.2) is 0 Å². The van der Waals surface area contributed by atoms with Gasteiger partial charge in [0.1, 0.15) is 6.79 Å². The van der Waals surface area contributed by atoms with Crippen LogP contribution >= 0.6 is 0 Å². The topological polar surface area (TPSA) is 68.3 Å². The number of nitriles is 1. The predicted molar refractivity (Wildman–Crippen MR) is 36.0 cm³/mol. The Bertz CT molecular complexity index is 111. The quantitative estimate of drug-likeness (QED) is 0.430. The number of nitrogens with zero attached hydrogens (tertiary/aromatic N) is 1. The lowest BCUT2D eigenvalue weighted by Gasteiger charge is -2.02. The SMILES string of the molecule is COCOCCC(N)C#N. The molecule has 0 rings (SSSR count). The van der Waals surface area contributed by atoms with Gasteiger partial charge >= 0.3 is 0 Å². The van der Waals surface area contributed by atoms with E-state index >= 15 is 0 Å². The van der Waals surface area contributed by atoms with Crippen LogP contribution in [0.2, 0.25) is 0 Å². The van der Waals surface area contributed by atoms with Crippen LogP contribution in [-0.4, -0.2) is 26.6 Å².